The molecule has 0 radical (unpaired) electrons. The number of nitrogens with one attached hydrogen (secondary N) is 1. The highest BCUT2D eigenvalue weighted by Gasteiger charge is 2.16. The van der Waals surface area contributed by atoms with Crippen LogP contribution in [-0.4, -0.2) is 33.2 Å². The van der Waals surface area contributed by atoms with Crippen molar-refractivity contribution in [2.75, 3.05) is 11.9 Å². The van der Waals surface area contributed by atoms with Crippen molar-refractivity contribution in [1.29, 1.82) is 0 Å². The fourth-order valence-electron chi connectivity index (χ4n) is 2.28. The third-order valence-electron chi connectivity index (χ3n) is 3.32. The molecule has 0 aliphatic heterocycles. The minimum atomic E-state index is -0.326. The molecule has 3 heterocycles. The summed E-state index contributed by atoms with van der Waals surface area (Å²) in [5.41, 5.74) is 1.49. The molecule has 0 saturated carbocycles. The normalized spacial score (nSPS) is 11.0. The van der Waals surface area contributed by atoms with E-state index in [4.69, 9.17) is 4.74 Å². The highest BCUT2D eigenvalue weighted by molar-refractivity contribution is 7.20. The van der Waals surface area contributed by atoms with E-state index in [0.717, 1.165) is 15.9 Å². The van der Waals surface area contributed by atoms with Gasteiger partial charge in [0.2, 0.25) is 0 Å². The first-order valence-electron chi connectivity index (χ1n) is 7.32. The highest BCUT2D eigenvalue weighted by Crippen LogP contribution is 2.28. The minimum Gasteiger partial charge on any atom is -0.466 e. The van der Waals surface area contributed by atoms with Gasteiger partial charge in [0.25, 0.3) is 5.91 Å². The predicted octanol–water partition coefficient (Wildman–Crippen LogP) is 2.76. The predicted molar refractivity (Wildman–Crippen MR) is 93.7 cm³/mol. The molecule has 24 heavy (non-hydrogen) atoms. The molecule has 0 atom stereocenters. The zero-order valence-corrected chi connectivity index (χ0v) is 15.1. The van der Waals surface area contributed by atoms with E-state index in [1.165, 1.54) is 22.7 Å². The van der Waals surface area contributed by atoms with Crippen LogP contribution in [0, 0.1) is 6.92 Å². The quantitative estimate of drug-likeness (QED) is 0.704. The summed E-state index contributed by atoms with van der Waals surface area (Å²) in [6, 6.07) is 1.84. The molecule has 3 aromatic rings. The fraction of sp³-hybridized carbons (Fsp3) is 0.333. The van der Waals surface area contributed by atoms with E-state index in [1.807, 2.05) is 20.0 Å². The largest absolute Gasteiger partial charge is 0.466 e. The molecular weight excluding hydrogens is 348 g/mol. The lowest BCUT2D eigenvalue weighted by molar-refractivity contribution is -0.142. The van der Waals surface area contributed by atoms with Gasteiger partial charge in [-0.2, -0.15) is 5.10 Å². The van der Waals surface area contributed by atoms with E-state index < -0.39 is 0 Å². The maximum absolute atomic E-state index is 12.4. The molecule has 126 valence electrons. The number of fused-ring (bicyclic) bond motifs is 1. The second-order valence-corrected chi connectivity index (χ2v) is 7.01. The van der Waals surface area contributed by atoms with Gasteiger partial charge in [-0.25, -0.2) is 4.98 Å². The number of carbonyl (C=O) groups is 2. The molecule has 0 aliphatic carbocycles. The number of hydrogen-bond donors (Lipinski definition) is 1. The van der Waals surface area contributed by atoms with Crippen molar-refractivity contribution in [2.24, 2.45) is 7.05 Å². The Balaban J connectivity index is 1.71. The molecule has 0 saturated heterocycles. The molecule has 0 aliphatic rings. The van der Waals surface area contributed by atoms with Crippen molar-refractivity contribution in [3.63, 3.8) is 0 Å². The van der Waals surface area contributed by atoms with E-state index in [2.05, 4.69) is 15.4 Å². The lowest BCUT2D eigenvalue weighted by atomic mass is 10.3. The van der Waals surface area contributed by atoms with Gasteiger partial charge in [-0.3, -0.25) is 19.6 Å². The van der Waals surface area contributed by atoms with Crippen LogP contribution in [0.2, 0.25) is 0 Å². The Bertz CT molecular complexity index is 875. The monoisotopic (exact) mass is 364 g/mol. The van der Waals surface area contributed by atoms with Crippen LogP contribution < -0.4 is 5.32 Å². The SMILES string of the molecule is CCOC(=O)Cc1csc(NC(=O)c2cc3c(C)nn(C)c3s2)n1. The molecule has 1 amide bonds. The van der Waals surface area contributed by atoms with Crippen LogP contribution >= 0.6 is 22.7 Å². The van der Waals surface area contributed by atoms with Gasteiger partial charge in [0.15, 0.2) is 5.13 Å². The lowest BCUT2D eigenvalue weighted by Crippen LogP contribution is -2.11. The molecule has 7 nitrogen and oxygen atoms in total. The number of amides is 1. The summed E-state index contributed by atoms with van der Waals surface area (Å²) < 4.78 is 6.66. The molecule has 0 spiro atoms. The van der Waals surface area contributed by atoms with Crippen LogP contribution in [0.25, 0.3) is 10.2 Å². The zero-order valence-electron chi connectivity index (χ0n) is 13.5. The van der Waals surface area contributed by atoms with Gasteiger partial charge < -0.3 is 4.74 Å². The second kappa shape index (κ2) is 6.70. The summed E-state index contributed by atoms with van der Waals surface area (Å²) >= 11 is 2.67. The summed E-state index contributed by atoms with van der Waals surface area (Å²) in [5.74, 6) is -0.541. The second-order valence-electron chi connectivity index (χ2n) is 5.12. The minimum absolute atomic E-state index is 0.105. The maximum Gasteiger partial charge on any atom is 0.311 e. The topological polar surface area (TPSA) is 86.1 Å². The number of esters is 1. The van der Waals surface area contributed by atoms with Gasteiger partial charge in [-0.15, -0.1) is 22.7 Å². The third-order valence-corrected chi connectivity index (χ3v) is 5.33. The molecule has 1 N–H and O–H groups in total. The van der Waals surface area contributed by atoms with Crippen LogP contribution in [0.3, 0.4) is 0 Å². The first kappa shape index (κ1) is 16.6. The van der Waals surface area contributed by atoms with Crippen LogP contribution in [0.1, 0.15) is 28.0 Å². The van der Waals surface area contributed by atoms with E-state index in [0.29, 0.717) is 22.3 Å². The van der Waals surface area contributed by atoms with Crippen LogP contribution in [-0.2, 0) is 23.0 Å². The van der Waals surface area contributed by atoms with E-state index >= 15 is 0 Å². The van der Waals surface area contributed by atoms with E-state index in [9.17, 15) is 9.59 Å². The number of anilines is 1. The average molecular weight is 364 g/mol. The van der Waals surface area contributed by atoms with Crippen LogP contribution in [0.5, 0.6) is 0 Å². The van der Waals surface area contributed by atoms with Gasteiger partial charge in [0, 0.05) is 17.8 Å². The Morgan fingerprint density at radius 2 is 2.21 bits per heavy atom. The Kier molecular flexibility index (Phi) is 4.63. The van der Waals surface area contributed by atoms with Crippen molar-refractivity contribution in [2.45, 2.75) is 20.3 Å². The van der Waals surface area contributed by atoms with Gasteiger partial charge >= 0.3 is 5.97 Å². The number of rotatable bonds is 5. The first-order valence-corrected chi connectivity index (χ1v) is 9.02. The molecule has 0 unspecified atom stereocenters. The summed E-state index contributed by atoms with van der Waals surface area (Å²) in [4.78, 5) is 29.6. The number of thiazole rings is 1. The van der Waals surface area contributed by atoms with Gasteiger partial charge in [-0.1, -0.05) is 0 Å². The number of hydrogen-bond acceptors (Lipinski definition) is 7. The first-order chi connectivity index (χ1) is 11.5. The van der Waals surface area contributed by atoms with Crippen molar-refractivity contribution < 1.29 is 14.3 Å². The highest BCUT2D eigenvalue weighted by atomic mass is 32.1. The van der Waals surface area contributed by atoms with Gasteiger partial charge in [-0.05, 0) is 19.9 Å². The molecule has 3 rings (SSSR count). The summed E-state index contributed by atoms with van der Waals surface area (Å²) in [7, 11) is 1.86. The van der Waals surface area contributed by atoms with Gasteiger partial charge in [0.1, 0.15) is 4.83 Å². The number of thiophene rings is 1. The third kappa shape index (κ3) is 3.31. The zero-order chi connectivity index (χ0) is 17.3. The summed E-state index contributed by atoms with van der Waals surface area (Å²) in [5, 5.41) is 10.3. The maximum atomic E-state index is 12.4. The fourth-order valence-corrected chi connectivity index (χ4v) is 4.00. The van der Waals surface area contributed by atoms with E-state index in [1.54, 1.807) is 17.0 Å². The molecule has 9 heteroatoms. The standard InChI is InChI=1S/C15H16N4O3S2/c1-4-22-12(20)5-9-7-23-15(16-9)17-13(21)11-6-10-8(2)18-19(3)14(10)24-11/h6-7H,4-5H2,1-3H3,(H,16,17,21). The smallest absolute Gasteiger partial charge is 0.311 e. The lowest BCUT2D eigenvalue weighted by Gasteiger charge is -1.99. The number of nitrogens with zero attached hydrogens (tertiary/aromatic N) is 3. The van der Waals surface area contributed by atoms with E-state index in [-0.39, 0.29) is 18.3 Å². The summed E-state index contributed by atoms with van der Waals surface area (Å²) in [6.07, 6.45) is 0.105. The Morgan fingerprint density at radius 3 is 2.92 bits per heavy atom. The van der Waals surface area contributed by atoms with Crippen LogP contribution in [0.15, 0.2) is 11.4 Å². The number of ether oxygens (including phenoxy) is 1. The van der Waals surface area contributed by atoms with Crippen molar-refractivity contribution >= 4 is 49.9 Å². The summed E-state index contributed by atoms with van der Waals surface area (Å²) in [6.45, 7) is 4.01. The molecule has 3 aromatic heterocycles. The molecule has 0 bridgehead atoms. The molecule has 0 aromatic carbocycles. The number of aromatic nitrogens is 3. The average Bonchev–Trinajstić information content (AvgIpc) is 3.19. The molecule has 0 fully saturated rings. The Labute approximate surface area is 146 Å². The Hall–Kier alpha value is -2.26. The van der Waals surface area contributed by atoms with Crippen molar-refractivity contribution in [1.82, 2.24) is 14.8 Å². The number of carbonyl (C=O) groups excluding carboxylic acids is 2. The number of aryl methyl sites for hydroxylation is 2. The molecular formula is C15H16N4O3S2. The van der Waals surface area contributed by atoms with Crippen LogP contribution in [0.4, 0.5) is 5.13 Å². The Morgan fingerprint density at radius 1 is 1.42 bits per heavy atom. The van der Waals surface area contributed by atoms with Crippen molar-refractivity contribution in [3.05, 3.63) is 27.7 Å². The van der Waals surface area contributed by atoms with Gasteiger partial charge in [0.05, 0.1) is 29.3 Å². The van der Waals surface area contributed by atoms with Crippen molar-refractivity contribution in [3.8, 4) is 0 Å².